The van der Waals surface area contributed by atoms with Gasteiger partial charge < -0.3 is 15.0 Å². The van der Waals surface area contributed by atoms with Crippen LogP contribution < -0.4 is 15.0 Å². The molecule has 0 atom stereocenters. The van der Waals surface area contributed by atoms with Gasteiger partial charge in [0.1, 0.15) is 11.6 Å². The standard InChI is InChI=1S/C19H18N4O2/c1-25-17-9-8-13(11-16(17)23-10-4-7-19(23)24)21-18-12-20-14-5-2-3-6-15(14)22-18/h2-3,5-6,8-9,11-12H,4,7,10H2,1H3,(H,21,22). The van der Waals surface area contributed by atoms with Crippen LogP contribution in [-0.2, 0) is 4.79 Å². The van der Waals surface area contributed by atoms with Crippen molar-refractivity contribution in [1.82, 2.24) is 9.97 Å². The number of nitrogens with zero attached hydrogens (tertiary/aromatic N) is 3. The third-order valence-electron chi connectivity index (χ3n) is 4.26. The van der Waals surface area contributed by atoms with Crippen molar-refractivity contribution >= 4 is 34.1 Å². The lowest BCUT2D eigenvalue weighted by Crippen LogP contribution is -2.24. The van der Waals surface area contributed by atoms with Crippen LogP contribution in [0.5, 0.6) is 5.75 Å². The van der Waals surface area contributed by atoms with Crippen molar-refractivity contribution in [2.75, 3.05) is 23.9 Å². The van der Waals surface area contributed by atoms with Gasteiger partial charge in [0.05, 0.1) is 30.0 Å². The van der Waals surface area contributed by atoms with E-state index in [1.807, 2.05) is 42.5 Å². The Balaban J connectivity index is 1.66. The number of anilines is 3. The highest BCUT2D eigenvalue weighted by atomic mass is 16.5. The molecule has 0 bridgehead atoms. The van der Waals surface area contributed by atoms with Crippen LogP contribution in [0.3, 0.4) is 0 Å². The summed E-state index contributed by atoms with van der Waals surface area (Å²) in [7, 11) is 1.61. The lowest BCUT2D eigenvalue weighted by Gasteiger charge is -2.20. The van der Waals surface area contributed by atoms with Crippen molar-refractivity contribution < 1.29 is 9.53 Å². The minimum atomic E-state index is 0.126. The zero-order chi connectivity index (χ0) is 17.2. The third kappa shape index (κ3) is 2.98. The molecule has 0 spiro atoms. The predicted molar refractivity (Wildman–Crippen MR) is 97.4 cm³/mol. The van der Waals surface area contributed by atoms with Crippen molar-refractivity contribution in [3.05, 3.63) is 48.7 Å². The van der Waals surface area contributed by atoms with E-state index in [9.17, 15) is 4.79 Å². The Labute approximate surface area is 145 Å². The zero-order valence-electron chi connectivity index (χ0n) is 13.9. The highest BCUT2D eigenvalue weighted by molar-refractivity contribution is 5.97. The van der Waals surface area contributed by atoms with Crippen molar-refractivity contribution in [1.29, 1.82) is 0 Å². The topological polar surface area (TPSA) is 67.3 Å². The van der Waals surface area contributed by atoms with E-state index in [1.165, 1.54) is 0 Å². The van der Waals surface area contributed by atoms with Gasteiger partial charge in [-0.15, -0.1) is 0 Å². The molecule has 1 amide bonds. The first-order valence-corrected chi connectivity index (χ1v) is 8.22. The number of nitrogens with one attached hydrogen (secondary N) is 1. The van der Waals surface area contributed by atoms with Gasteiger partial charge in [-0.1, -0.05) is 12.1 Å². The fraction of sp³-hybridized carbons (Fsp3) is 0.211. The summed E-state index contributed by atoms with van der Waals surface area (Å²) in [5.41, 5.74) is 3.30. The number of carbonyl (C=O) groups excluding carboxylic acids is 1. The molecule has 1 aromatic heterocycles. The number of para-hydroxylation sites is 2. The summed E-state index contributed by atoms with van der Waals surface area (Å²) >= 11 is 0. The molecule has 0 unspecified atom stereocenters. The normalized spacial score (nSPS) is 14.1. The molecule has 126 valence electrons. The number of hydrogen-bond acceptors (Lipinski definition) is 5. The summed E-state index contributed by atoms with van der Waals surface area (Å²) in [6, 6.07) is 13.4. The molecule has 6 nitrogen and oxygen atoms in total. The first kappa shape index (κ1) is 15.4. The number of fused-ring (bicyclic) bond motifs is 1. The highest BCUT2D eigenvalue weighted by Crippen LogP contribution is 2.34. The molecule has 3 aromatic rings. The van der Waals surface area contributed by atoms with Crippen LogP contribution in [0.4, 0.5) is 17.2 Å². The predicted octanol–water partition coefficient (Wildman–Crippen LogP) is 3.51. The molecule has 6 heteroatoms. The van der Waals surface area contributed by atoms with Crippen molar-refractivity contribution in [3.63, 3.8) is 0 Å². The quantitative estimate of drug-likeness (QED) is 0.791. The third-order valence-corrected chi connectivity index (χ3v) is 4.26. The molecule has 0 radical (unpaired) electrons. The molecular formula is C19H18N4O2. The largest absolute Gasteiger partial charge is 0.495 e. The first-order valence-electron chi connectivity index (χ1n) is 8.22. The lowest BCUT2D eigenvalue weighted by atomic mass is 10.2. The summed E-state index contributed by atoms with van der Waals surface area (Å²) in [5.74, 6) is 1.47. The molecule has 1 saturated heterocycles. The summed E-state index contributed by atoms with van der Waals surface area (Å²) in [5, 5.41) is 3.26. The van der Waals surface area contributed by atoms with Crippen LogP contribution in [0.2, 0.25) is 0 Å². The minimum absolute atomic E-state index is 0.126. The van der Waals surface area contributed by atoms with E-state index in [-0.39, 0.29) is 5.91 Å². The SMILES string of the molecule is COc1ccc(Nc2cnc3ccccc3n2)cc1N1CCCC1=O. The van der Waals surface area contributed by atoms with Gasteiger partial charge in [0.25, 0.3) is 0 Å². The zero-order valence-corrected chi connectivity index (χ0v) is 13.9. The van der Waals surface area contributed by atoms with E-state index in [4.69, 9.17) is 4.74 Å². The molecule has 0 aliphatic carbocycles. The van der Waals surface area contributed by atoms with Crippen molar-refractivity contribution in [2.24, 2.45) is 0 Å². The van der Waals surface area contributed by atoms with Crippen LogP contribution in [0.1, 0.15) is 12.8 Å². The molecule has 1 fully saturated rings. The van der Waals surface area contributed by atoms with E-state index in [2.05, 4.69) is 15.3 Å². The molecule has 0 saturated carbocycles. The molecular weight excluding hydrogens is 316 g/mol. The van der Waals surface area contributed by atoms with E-state index in [0.717, 1.165) is 28.8 Å². The second-order valence-electron chi connectivity index (χ2n) is 5.90. The molecule has 4 rings (SSSR count). The Hall–Kier alpha value is -3.15. The number of amides is 1. The van der Waals surface area contributed by atoms with Gasteiger partial charge in [-0.2, -0.15) is 0 Å². The fourth-order valence-corrected chi connectivity index (χ4v) is 3.05. The van der Waals surface area contributed by atoms with Gasteiger partial charge in [0.2, 0.25) is 5.91 Å². The molecule has 1 aliphatic rings. The number of hydrogen-bond donors (Lipinski definition) is 1. The van der Waals surface area contributed by atoms with Gasteiger partial charge in [0.15, 0.2) is 0 Å². The number of aromatic nitrogens is 2. The molecule has 1 N–H and O–H groups in total. The van der Waals surface area contributed by atoms with Crippen molar-refractivity contribution in [3.8, 4) is 5.75 Å². The maximum atomic E-state index is 12.1. The Kier molecular flexibility index (Phi) is 3.93. The van der Waals surface area contributed by atoms with Crippen molar-refractivity contribution in [2.45, 2.75) is 12.8 Å². The van der Waals surface area contributed by atoms with Crippen LogP contribution >= 0.6 is 0 Å². The van der Waals surface area contributed by atoms with E-state index in [0.29, 0.717) is 24.5 Å². The van der Waals surface area contributed by atoms with Gasteiger partial charge in [-0.05, 0) is 36.8 Å². The van der Waals surface area contributed by atoms with Gasteiger partial charge >= 0.3 is 0 Å². The summed E-state index contributed by atoms with van der Waals surface area (Å²) < 4.78 is 5.42. The van der Waals surface area contributed by atoms with Crippen LogP contribution in [0.15, 0.2) is 48.7 Å². The van der Waals surface area contributed by atoms with Crippen LogP contribution in [0.25, 0.3) is 11.0 Å². The summed E-state index contributed by atoms with van der Waals surface area (Å²) in [4.78, 5) is 22.8. The number of ether oxygens (including phenoxy) is 1. The second kappa shape index (κ2) is 6.39. The van der Waals surface area contributed by atoms with Gasteiger partial charge in [0, 0.05) is 18.7 Å². The average molecular weight is 334 g/mol. The molecule has 1 aliphatic heterocycles. The van der Waals surface area contributed by atoms with Gasteiger partial charge in [-0.25, -0.2) is 4.98 Å². The van der Waals surface area contributed by atoms with E-state index >= 15 is 0 Å². The summed E-state index contributed by atoms with van der Waals surface area (Å²) in [6.45, 7) is 0.717. The monoisotopic (exact) mass is 334 g/mol. The fourth-order valence-electron chi connectivity index (χ4n) is 3.05. The number of rotatable bonds is 4. The number of benzene rings is 2. The average Bonchev–Trinajstić information content (AvgIpc) is 3.07. The Morgan fingerprint density at radius 2 is 2.00 bits per heavy atom. The van der Waals surface area contributed by atoms with Gasteiger partial charge in [-0.3, -0.25) is 9.78 Å². The summed E-state index contributed by atoms with van der Waals surface area (Å²) in [6.07, 6.45) is 3.15. The minimum Gasteiger partial charge on any atom is -0.495 e. The maximum Gasteiger partial charge on any atom is 0.227 e. The van der Waals surface area contributed by atoms with E-state index < -0.39 is 0 Å². The Bertz CT molecular complexity index is 942. The smallest absolute Gasteiger partial charge is 0.227 e. The Morgan fingerprint density at radius 1 is 1.16 bits per heavy atom. The van der Waals surface area contributed by atoms with Crippen LogP contribution in [-0.4, -0.2) is 29.5 Å². The highest BCUT2D eigenvalue weighted by Gasteiger charge is 2.24. The maximum absolute atomic E-state index is 12.1. The number of methoxy groups -OCH3 is 1. The Morgan fingerprint density at radius 3 is 2.76 bits per heavy atom. The van der Waals surface area contributed by atoms with Crippen LogP contribution in [0, 0.1) is 0 Å². The molecule has 2 heterocycles. The first-order chi connectivity index (χ1) is 12.2. The van der Waals surface area contributed by atoms with E-state index in [1.54, 1.807) is 18.2 Å². The lowest BCUT2D eigenvalue weighted by molar-refractivity contribution is -0.117. The second-order valence-corrected chi connectivity index (χ2v) is 5.90. The molecule has 25 heavy (non-hydrogen) atoms. The number of carbonyl (C=O) groups is 1. The molecule has 2 aromatic carbocycles.